The van der Waals surface area contributed by atoms with E-state index in [1.165, 1.54) is 25.7 Å². The Kier molecular flexibility index (Phi) is 5.59. The van der Waals surface area contributed by atoms with E-state index in [0.717, 1.165) is 44.0 Å². The first-order valence-corrected chi connectivity index (χ1v) is 10.4. The van der Waals surface area contributed by atoms with Gasteiger partial charge in [0.05, 0.1) is 0 Å². The molecule has 2 aromatic heterocycles. The summed E-state index contributed by atoms with van der Waals surface area (Å²) in [6, 6.07) is 3.98. The van der Waals surface area contributed by atoms with Crippen molar-refractivity contribution in [3.63, 3.8) is 0 Å². The van der Waals surface area contributed by atoms with Crippen molar-refractivity contribution in [3.8, 4) is 11.4 Å². The highest BCUT2D eigenvalue weighted by molar-refractivity contribution is 5.76. The highest BCUT2D eigenvalue weighted by Gasteiger charge is 2.25. The van der Waals surface area contributed by atoms with Crippen LogP contribution in [0.25, 0.3) is 11.4 Å². The van der Waals surface area contributed by atoms with Gasteiger partial charge in [0, 0.05) is 50.3 Å². The van der Waals surface area contributed by atoms with Gasteiger partial charge in [-0.05, 0) is 30.9 Å². The predicted molar refractivity (Wildman–Crippen MR) is 107 cm³/mol. The van der Waals surface area contributed by atoms with Crippen LogP contribution in [0.15, 0.2) is 22.9 Å². The van der Waals surface area contributed by atoms with Crippen LogP contribution in [0, 0.1) is 5.92 Å². The van der Waals surface area contributed by atoms with E-state index < -0.39 is 0 Å². The van der Waals surface area contributed by atoms with Crippen molar-refractivity contribution in [2.45, 2.75) is 51.9 Å². The molecule has 1 amide bonds. The average molecular weight is 383 g/mol. The number of carbonyl (C=O) groups is 1. The molecule has 1 aliphatic carbocycles. The summed E-state index contributed by atoms with van der Waals surface area (Å²) in [4.78, 5) is 25.8. The quantitative estimate of drug-likeness (QED) is 0.787. The number of hydrogen-bond acceptors (Lipinski definition) is 6. The summed E-state index contributed by atoms with van der Waals surface area (Å²) in [7, 11) is 0. The Balaban J connectivity index is 1.32. The summed E-state index contributed by atoms with van der Waals surface area (Å²) < 4.78 is 5.27. The number of aromatic nitrogens is 3. The number of piperazine rings is 1. The summed E-state index contributed by atoms with van der Waals surface area (Å²) in [5, 5.41) is 4.04. The van der Waals surface area contributed by atoms with E-state index in [4.69, 9.17) is 4.52 Å². The Morgan fingerprint density at radius 2 is 1.93 bits per heavy atom. The number of rotatable bonds is 5. The lowest BCUT2D eigenvalue weighted by molar-refractivity contribution is -0.132. The molecule has 0 atom stereocenters. The zero-order valence-corrected chi connectivity index (χ0v) is 16.8. The molecule has 0 unspecified atom stereocenters. The SMILES string of the molecule is CC(C)c1nc(-c2ccc(N3CCN(C(=O)CC4CCCC4)CC3)nc2)no1. The van der Waals surface area contributed by atoms with Crippen LogP contribution in [0.1, 0.15) is 57.8 Å². The van der Waals surface area contributed by atoms with Crippen LogP contribution in [0.5, 0.6) is 0 Å². The van der Waals surface area contributed by atoms with E-state index in [0.29, 0.717) is 23.5 Å². The molecule has 28 heavy (non-hydrogen) atoms. The molecule has 3 heterocycles. The number of nitrogens with zero attached hydrogens (tertiary/aromatic N) is 5. The van der Waals surface area contributed by atoms with E-state index in [1.807, 2.05) is 30.9 Å². The molecule has 0 radical (unpaired) electrons. The van der Waals surface area contributed by atoms with E-state index >= 15 is 0 Å². The number of pyridine rings is 1. The summed E-state index contributed by atoms with van der Waals surface area (Å²) in [5.41, 5.74) is 0.852. The molecular formula is C21H29N5O2. The fourth-order valence-corrected chi connectivity index (χ4v) is 4.07. The molecule has 2 aromatic rings. The molecule has 0 bridgehead atoms. The smallest absolute Gasteiger partial charge is 0.229 e. The van der Waals surface area contributed by atoms with Gasteiger partial charge < -0.3 is 14.3 Å². The number of carbonyl (C=O) groups excluding carboxylic acids is 1. The van der Waals surface area contributed by atoms with Gasteiger partial charge in [0.25, 0.3) is 0 Å². The van der Waals surface area contributed by atoms with Gasteiger partial charge in [-0.1, -0.05) is 31.8 Å². The maximum atomic E-state index is 12.5. The minimum absolute atomic E-state index is 0.209. The fourth-order valence-electron chi connectivity index (χ4n) is 4.07. The van der Waals surface area contributed by atoms with Crippen molar-refractivity contribution < 1.29 is 9.32 Å². The molecule has 2 aliphatic rings. The zero-order valence-electron chi connectivity index (χ0n) is 16.8. The summed E-state index contributed by atoms with van der Waals surface area (Å²) in [5.74, 6) is 3.29. The van der Waals surface area contributed by atoms with Gasteiger partial charge in [-0.25, -0.2) is 4.98 Å². The van der Waals surface area contributed by atoms with Crippen LogP contribution in [-0.4, -0.2) is 52.1 Å². The summed E-state index contributed by atoms with van der Waals surface area (Å²) in [6.07, 6.45) is 7.55. The van der Waals surface area contributed by atoms with Crippen LogP contribution < -0.4 is 4.90 Å². The van der Waals surface area contributed by atoms with Crippen LogP contribution in [0.4, 0.5) is 5.82 Å². The van der Waals surface area contributed by atoms with Gasteiger partial charge in [0.15, 0.2) is 0 Å². The second-order valence-corrected chi connectivity index (χ2v) is 8.24. The van der Waals surface area contributed by atoms with Crippen molar-refractivity contribution in [1.29, 1.82) is 0 Å². The Labute approximate surface area is 166 Å². The molecule has 1 saturated heterocycles. The number of amides is 1. The minimum Gasteiger partial charge on any atom is -0.353 e. The molecule has 4 rings (SSSR count). The minimum atomic E-state index is 0.209. The third-order valence-electron chi connectivity index (χ3n) is 5.84. The maximum absolute atomic E-state index is 12.5. The largest absolute Gasteiger partial charge is 0.353 e. The Hall–Kier alpha value is -2.44. The lowest BCUT2D eigenvalue weighted by Crippen LogP contribution is -2.49. The van der Waals surface area contributed by atoms with E-state index in [-0.39, 0.29) is 5.92 Å². The average Bonchev–Trinajstić information content (AvgIpc) is 3.40. The molecule has 7 heteroatoms. The molecule has 1 aliphatic heterocycles. The summed E-state index contributed by atoms with van der Waals surface area (Å²) >= 11 is 0. The molecule has 0 spiro atoms. The predicted octanol–water partition coefficient (Wildman–Crippen LogP) is 3.48. The lowest BCUT2D eigenvalue weighted by Gasteiger charge is -2.36. The number of hydrogen-bond donors (Lipinski definition) is 0. The van der Waals surface area contributed by atoms with Crippen LogP contribution in [-0.2, 0) is 4.79 Å². The monoisotopic (exact) mass is 383 g/mol. The van der Waals surface area contributed by atoms with E-state index in [9.17, 15) is 4.79 Å². The highest BCUT2D eigenvalue weighted by atomic mass is 16.5. The van der Waals surface area contributed by atoms with Gasteiger partial charge in [-0.3, -0.25) is 4.79 Å². The van der Waals surface area contributed by atoms with Crippen molar-refractivity contribution in [2.75, 3.05) is 31.1 Å². The van der Waals surface area contributed by atoms with Gasteiger partial charge in [-0.15, -0.1) is 0 Å². The maximum Gasteiger partial charge on any atom is 0.229 e. The molecule has 2 fully saturated rings. The van der Waals surface area contributed by atoms with Crippen LogP contribution in [0.2, 0.25) is 0 Å². The van der Waals surface area contributed by atoms with Gasteiger partial charge in [0.2, 0.25) is 17.6 Å². The van der Waals surface area contributed by atoms with Crippen LogP contribution >= 0.6 is 0 Å². The third kappa shape index (κ3) is 4.18. The molecule has 0 N–H and O–H groups in total. The molecular weight excluding hydrogens is 354 g/mol. The van der Waals surface area contributed by atoms with Gasteiger partial charge in [-0.2, -0.15) is 4.98 Å². The van der Waals surface area contributed by atoms with Gasteiger partial charge >= 0.3 is 0 Å². The second-order valence-electron chi connectivity index (χ2n) is 8.24. The van der Waals surface area contributed by atoms with E-state index in [1.54, 1.807) is 6.20 Å². The topological polar surface area (TPSA) is 75.4 Å². The fraction of sp³-hybridized carbons (Fsp3) is 0.619. The molecule has 0 aromatic carbocycles. The Bertz CT molecular complexity index is 787. The third-order valence-corrected chi connectivity index (χ3v) is 5.84. The molecule has 150 valence electrons. The Morgan fingerprint density at radius 1 is 1.18 bits per heavy atom. The van der Waals surface area contributed by atoms with Crippen molar-refractivity contribution in [2.24, 2.45) is 5.92 Å². The van der Waals surface area contributed by atoms with Crippen molar-refractivity contribution in [3.05, 3.63) is 24.2 Å². The first-order valence-electron chi connectivity index (χ1n) is 10.4. The molecule has 1 saturated carbocycles. The van der Waals surface area contributed by atoms with Crippen LogP contribution in [0.3, 0.4) is 0 Å². The Morgan fingerprint density at radius 3 is 2.54 bits per heavy atom. The lowest BCUT2D eigenvalue weighted by atomic mass is 10.0. The second kappa shape index (κ2) is 8.29. The first kappa shape index (κ1) is 18.9. The highest BCUT2D eigenvalue weighted by Crippen LogP contribution is 2.28. The normalized spacial score (nSPS) is 18.2. The van der Waals surface area contributed by atoms with E-state index in [2.05, 4.69) is 20.0 Å². The number of anilines is 1. The van der Waals surface area contributed by atoms with Crippen molar-refractivity contribution >= 4 is 11.7 Å². The zero-order chi connectivity index (χ0) is 19.5. The summed E-state index contributed by atoms with van der Waals surface area (Å²) in [6.45, 7) is 7.24. The first-order chi connectivity index (χ1) is 13.6. The van der Waals surface area contributed by atoms with Gasteiger partial charge in [0.1, 0.15) is 5.82 Å². The molecule has 7 nitrogen and oxygen atoms in total. The standard InChI is InChI=1S/C21H29N5O2/c1-15(2)21-23-20(24-28-21)17-7-8-18(22-14-17)25-9-11-26(12-10-25)19(27)13-16-5-3-4-6-16/h7-8,14-16H,3-6,9-13H2,1-2H3. The van der Waals surface area contributed by atoms with Crippen molar-refractivity contribution in [1.82, 2.24) is 20.0 Å².